The van der Waals surface area contributed by atoms with Gasteiger partial charge < -0.3 is 16.0 Å². The van der Waals surface area contributed by atoms with E-state index in [4.69, 9.17) is 5.73 Å². The lowest BCUT2D eigenvalue weighted by molar-refractivity contribution is 1.11. The smallest absolute Gasteiger partial charge is 0.150 e. The van der Waals surface area contributed by atoms with E-state index in [1.54, 1.807) is 0 Å². The van der Waals surface area contributed by atoms with Gasteiger partial charge in [-0.25, -0.2) is 9.97 Å². The molecule has 5 nitrogen and oxygen atoms in total. The Morgan fingerprint density at radius 1 is 1.26 bits per heavy atom. The maximum Gasteiger partial charge on any atom is 0.150 e. The predicted octanol–water partition coefficient (Wildman–Crippen LogP) is 2.94. The van der Waals surface area contributed by atoms with Gasteiger partial charge in [-0.1, -0.05) is 6.07 Å². The van der Waals surface area contributed by atoms with Crippen LogP contribution < -0.4 is 16.0 Å². The molecule has 3 N–H and O–H groups in total. The summed E-state index contributed by atoms with van der Waals surface area (Å²) < 4.78 is 0.668. The first-order chi connectivity index (χ1) is 8.99. The summed E-state index contributed by atoms with van der Waals surface area (Å²) in [4.78, 5) is 10.2. The van der Waals surface area contributed by atoms with Crippen molar-refractivity contribution in [1.82, 2.24) is 9.97 Å². The summed E-state index contributed by atoms with van der Waals surface area (Å²) in [7, 11) is 4.04. The molecule has 0 bridgehead atoms. The Morgan fingerprint density at radius 2 is 2.00 bits per heavy atom. The number of aryl methyl sites for hydroxylation is 1. The number of anilines is 4. The lowest BCUT2D eigenvalue weighted by atomic mass is 10.1. The Hall–Kier alpha value is -1.82. The van der Waals surface area contributed by atoms with E-state index in [9.17, 15) is 0 Å². The molecule has 100 valence electrons. The summed E-state index contributed by atoms with van der Waals surface area (Å²) >= 11 is 3.38. The first-order valence-electron chi connectivity index (χ1n) is 5.80. The lowest BCUT2D eigenvalue weighted by Crippen LogP contribution is -2.10. The molecular formula is C13H16BrN5. The zero-order valence-corrected chi connectivity index (χ0v) is 12.7. The standard InChI is InChI=1S/C13H16BrN5/c1-8-4-5-9(6-10(8)19(2)3)18-13-11(14)12(15)16-7-17-13/h4-7H,1-3H3,(H3,15,16,17,18). The number of hydrogen-bond acceptors (Lipinski definition) is 5. The Bertz CT molecular complexity index is 598. The molecule has 0 radical (unpaired) electrons. The number of nitrogens with one attached hydrogen (secondary N) is 1. The van der Waals surface area contributed by atoms with E-state index in [0.29, 0.717) is 16.1 Å². The van der Waals surface area contributed by atoms with E-state index >= 15 is 0 Å². The van der Waals surface area contributed by atoms with Crippen molar-refractivity contribution >= 4 is 38.9 Å². The van der Waals surface area contributed by atoms with E-state index in [-0.39, 0.29) is 0 Å². The summed E-state index contributed by atoms with van der Waals surface area (Å²) in [5.41, 5.74) is 9.06. The molecule has 0 saturated carbocycles. The van der Waals surface area contributed by atoms with Crippen LogP contribution in [0, 0.1) is 6.92 Å². The third-order valence-electron chi connectivity index (χ3n) is 2.77. The second kappa shape index (κ2) is 5.44. The van der Waals surface area contributed by atoms with Crippen LogP contribution in [0.3, 0.4) is 0 Å². The van der Waals surface area contributed by atoms with Gasteiger partial charge in [0.05, 0.1) is 0 Å². The van der Waals surface area contributed by atoms with Crippen molar-refractivity contribution < 1.29 is 0 Å². The number of nitrogen functional groups attached to an aromatic ring is 1. The van der Waals surface area contributed by atoms with Crippen molar-refractivity contribution in [1.29, 1.82) is 0 Å². The molecule has 0 atom stereocenters. The second-order valence-corrected chi connectivity index (χ2v) is 5.24. The van der Waals surface area contributed by atoms with Gasteiger partial charge in [0.25, 0.3) is 0 Å². The van der Waals surface area contributed by atoms with Gasteiger partial charge in [-0.05, 0) is 40.5 Å². The molecule has 1 aromatic heterocycles. The average Bonchev–Trinajstić information content (AvgIpc) is 2.37. The molecule has 2 aromatic rings. The Morgan fingerprint density at radius 3 is 2.68 bits per heavy atom. The molecule has 0 aliphatic rings. The van der Waals surface area contributed by atoms with Crippen molar-refractivity contribution in [2.45, 2.75) is 6.92 Å². The first-order valence-corrected chi connectivity index (χ1v) is 6.59. The first kappa shape index (κ1) is 13.6. The number of rotatable bonds is 3. The van der Waals surface area contributed by atoms with E-state index in [0.717, 1.165) is 11.4 Å². The van der Waals surface area contributed by atoms with Gasteiger partial charge >= 0.3 is 0 Å². The Balaban J connectivity index is 2.34. The van der Waals surface area contributed by atoms with Crippen molar-refractivity contribution in [3.05, 3.63) is 34.6 Å². The highest BCUT2D eigenvalue weighted by atomic mass is 79.9. The van der Waals surface area contributed by atoms with Crippen molar-refractivity contribution in [2.75, 3.05) is 30.0 Å². The molecule has 0 unspecified atom stereocenters. The van der Waals surface area contributed by atoms with Crippen molar-refractivity contribution in [3.8, 4) is 0 Å². The summed E-state index contributed by atoms with van der Waals surface area (Å²) in [6.07, 6.45) is 1.43. The molecule has 1 heterocycles. The molecule has 0 aliphatic carbocycles. The summed E-state index contributed by atoms with van der Waals surface area (Å²) in [5, 5.41) is 3.23. The van der Waals surface area contributed by atoms with E-state index < -0.39 is 0 Å². The van der Waals surface area contributed by atoms with Gasteiger partial charge in [-0.3, -0.25) is 0 Å². The molecule has 0 fully saturated rings. The van der Waals surface area contributed by atoms with Gasteiger partial charge in [0.15, 0.2) is 0 Å². The summed E-state index contributed by atoms with van der Waals surface area (Å²) in [6.45, 7) is 2.08. The largest absolute Gasteiger partial charge is 0.383 e. The maximum absolute atomic E-state index is 5.73. The average molecular weight is 322 g/mol. The quantitative estimate of drug-likeness (QED) is 0.909. The van der Waals surface area contributed by atoms with Gasteiger partial charge in [0, 0.05) is 25.5 Å². The van der Waals surface area contributed by atoms with Crippen LogP contribution in [0.5, 0.6) is 0 Å². The van der Waals surface area contributed by atoms with Crippen LogP contribution in [-0.4, -0.2) is 24.1 Å². The van der Waals surface area contributed by atoms with Crippen molar-refractivity contribution in [2.24, 2.45) is 0 Å². The van der Waals surface area contributed by atoms with Crippen molar-refractivity contribution in [3.63, 3.8) is 0 Å². The number of aromatic nitrogens is 2. The van der Waals surface area contributed by atoms with Crippen LogP contribution in [0.4, 0.5) is 23.0 Å². The highest BCUT2D eigenvalue weighted by molar-refractivity contribution is 9.10. The minimum atomic E-state index is 0.414. The molecule has 0 aliphatic heterocycles. The van der Waals surface area contributed by atoms with Gasteiger partial charge in [-0.2, -0.15) is 0 Å². The highest BCUT2D eigenvalue weighted by Crippen LogP contribution is 2.29. The number of hydrogen-bond donors (Lipinski definition) is 2. The van der Waals surface area contributed by atoms with Gasteiger partial charge in [-0.15, -0.1) is 0 Å². The highest BCUT2D eigenvalue weighted by Gasteiger charge is 2.08. The minimum Gasteiger partial charge on any atom is -0.383 e. The zero-order valence-electron chi connectivity index (χ0n) is 11.1. The SMILES string of the molecule is Cc1ccc(Nc2ncnc(N)c2Br)cc1N(C)C. The topological polar surface area (TPSA) is 67.1 Å². The number of nitrogens with zero attached hydrogens (tertiary/aromatic N) is 3. The normalized spacial score (nSPS) is 10.3. The third-order valence-corrected chi connectivity index (χ3v) is 3.55. The fraction of sp³-hybridized carbons (Fsp3) is 0.231. The molecule has 6 heteroatoms. The van der Waals surface area contributed by atoms with E-state index in [2.05, 4.69) is 55.2 Å². The molecule has 19 heavy (non-hydrogen) atoms. The van der Waals surface area contributed by atoms with Crippen LogP contribution in [-0.2, 0) is 0 Å². The molecule has 2 rings (SSSR count). The molecule has 1 aromatic carbocycles. The molecule has 0 amide bonds. The number of halogens is 1. The van der Waals surface area contributed by atoms with E-state index in [1.165, 1.54) is 11.9 Å². The van der Waals surface area contributed by atoms with Crippen LogP contribution in [0.1, 0.15) is 5.56 Å². The van der Waals surface area contributed by atoms with Crippen LogP contribution in [0.15, 0.2) is 29.0 Å². The molecule has 0 spiro atoms. The fourth-order valence-corrected chi connectivity index (χ4v) is 2.08. The molecular weight excluding hydrogens is 306 g/mol. The fourth-order valence-electron chi connectivity index (χ4n) is 1.78. The van der Waals surface area contributed by atoms with E-state index in [1.807, 2.05) is 20.2 Å². The number of benzene rings is 1. The number of nitrogens with two attached hydrogens (primary N) is 1. The third kappa shape index (κ3) is 2.96. The second-order valence-electron chi connectivity index (χ2n) is 4.44. The lowest BCUT2D eigenvalue weighted by Gasteiger charge is -2.17. The van der Waals surface area contributed by atoms with Crippen LogP contribution in [0.2, 0.25) is 0 Å². The minimum absolute atomic E-state index is 0.414. The Kier molecular flexibility index (Phi) is 3.90. The monoisotopic (exact) mass is 321 g/mol. The summed E-state index contributed by atoms with van der Waals surface area (Å²) in [5.74, 6) is 1.07. The van der Waals surface area contributed by atoms with Gasteiger partial charge in [0.2, 0.25) is 0 Å². The Labute approximate surface area is 121 Å². The maximum atomic E-state index is 5.73. The molecule has 0 saturated heterocycles. The van der Waals surface area contributed by atoms with Gasteiger partial charge in [0.1, 0.15) is 22.4 Å². The van der Waals surface area contributed by atoms with Crippen LogP contribution in [0.25, 0.3) is 0 Å². The summed E-state index contributed by atoms with van der Waals surface area (Å²) in [6, 6.07) is 6.14. The van der Waals surface area contributed by atoms with Crippen LogP contribution >= 0.6 is 15.9 Å². The predicted molar refractivity (Wildman–Crippen MR) is 82.9 cm³/mol. The zero-order chi connectivity index (χ0) is 14.0.